The van der Waals surface area contributed by atoms with Gasteiger partial charge in [0.1, 0.15) is 0 Å². The molecule has 1 N–H and O–H groups in total. The first-order valence-electron chi connectivity index (χ1n) is 10.8. The summed E-state index contributed by atoms with van der Waals surface area (Å²) in [6.07, 6.45) is 0. The fraction of sp³-hybridized carbons (Fsp3) is 0. The number of hydrogen-bond acceptors (Lipinski definition) is 2. The molecule has 0 saturated carbocycles. The minimum absolute atomic E-state index is 1.09. The summed E-state index contributed by atoms with van der Waals surface area (Å²) in [6.45, 7) is 0. The first-order chi connectivity index (χ1) is 15.8. The summed E-state index contributed by atoms with van der Waals surface area (Å²) in [5.41, 5.74) is 7.11. The SMILES string of the molecule is c1ccc(-c2ccc(Nc3ccc(-c4ccc5sc6ccccc6c5c4)cc3)cc2)cc1. The Morgan fingerprint density at radius 3 is 1.66 bits per heavy atom. The Kier molecular flexibility index (Phi) is 4.71. The van der Waals surface area contributed by atoms with Crippen LogP contribution in [0.3, 0.4) is 0 Å². The average molecular weight is 428 g/mol. The van der Waals surface area contributed by atoms with Gasteiger partial charge in [0.2, 0.25) is 0 Å². The van der Waals surface area contributed by atoms with E-state index in [1.54, 1.807) is 0 Å². The maximum atomic E-state index is 3.51. The zero-order chi connectivity index (χ0) is 21.3. The summed E-state index contributed by atoms with van der Waals surface area (Å²) in [6, 6.07) is 43.2. The van der Waals surface area contributed by atoms with Crippen molar-refractivity contribution in [2.24, 2.45) is 0 Å². The van der Waals surface area contributed by atoms with E-state index in [2.05, 4.69) is 121 Å². The standard InChI is InChI=1S/C30H21NS/c1-2-6-21(7-3-1)22-10-15-25(16-11-22)31-26-17-12-23(13-18-26)24-14-19-30-28(20-24)27-8-4-5-9-29(27)32-30/h1-20,31H. The molecule has 0 amide bonds. The Hall–Kier alpha value is -3.88. The molecule has 0 fully saturated rings. The minimum Gasteiger partial charge on any atom is -0.356 e. The summed E-state index contributed by atoms with van der Waals surface area (Å²) < 4.78 is 2.68. The van der Waals surface area contributed by atoms with Gasteiger partial charge < -0.3 is 5.32 Å². The van der Waals surface area contributed by atoms with Crippen LogP contribution in [0.25, 0.3) is 42.4 Å². The van der Waals surface area contributed by atoms with Gasteiger partial charge in [-0.15, -0.1) is 11.3 Å². The first kappa shape index (κ1) is 18.9. The summed E-state index contributed by atoms with van der Waals surface area (Å²) in [5.74, 6) is 0. The van der Waals surface area contributed by atoms with Gasteiger partial charge in [0.25, 0.3) is 0 Å². The summed E-state index contributed by atoms with van der Waals surface area (Å²) in [7, 11) is 0. The van der Waals surface area contributed by atoms with Gasteiger partial charge in [-0.1, -0.05) is 78.9 Å². The van der Waals surface area contributed by atoms with Crippen LogP contribution in [0.1, 0.15) is 0 Å². The van der Waals surface area contributed by atoms with E-state index < -0.39 is 0 Å². The van der Waals surface area contributed by atoms with E-state index in [1.807, 2.05) is 17.4 Å². The van der Waals surface area contributed by atoms with Crippen molar-refractivity contribution in [1.82, 2.24) is 0 Å². The molecule has 1 nitrogen and oxygen atoms in total. The van der Waals surface area contributed by atoms with Crippen molar-refractivity contribution in [3.8, 4) is 22.3 Å². The highest BCUT2D eigenvalue weighted by Gasteiger charge is 2.07. The predicted octanol–water partition coefficient (Wildman–Crippen LogP) is 9.13. The van der Waals surface area contributed by atoms with Gasteiger partial charge in [-0.05, 0) is 64.7 Å². The van der Waals surface area contributed by atoms with E-state index in [4.69, 9.17) is 0 Å². The van der Waals surface area contributed by atoms with Gasteiger partial charge in [-0.3, -0.25) is 0 Å². The maximum Gasteiger partial charge on any atom is 0.0384 e. The van der Waals surface area contributed by atoms with Crippen LogP contribution in [0, 0.1) is 0 Å². The van der Waals surface area contributed by atoms with Crippen molar-refractivity contribution >= 4 is 42.9 Å². The number of rotatable bonds is 4. The molecule has 2 heteroatoms. The van der Waals surface area contributed by atoms with E-state index in [9.17, 15) is 0 Å². The molecule has 0 saturated heterocycles. The Morgan fingerprint density at radius 2 is 0.938 bits per heavy atom. The highest BCUT2D eigenvalue weighted by Crippen LogP contribution is 2.36. The summed E-state index contributed by atoms with van der Waals surface area (Å²) in [5, 5.41) is 6.19. The average Bonchev–Trinajstić information content (AvgIpc) is 3.24. The number of benzene rings is 5. The molecule has 0 radical (unpaired) electrons. The Balaban J connectivity index is 1.24. The summed E-state index contributed by atoms with van der Waals surface area (Å²) in [4.78, 5) is 0. The third-order valence-electron chi connectivity index (χ3n) is 5.88. The van der Waals surface area contributed by atoms with Gasteiger partial charge in [-0.2, -0.15) is 0 Å². The monoisotopic (exact) mass is 427 g/mol. The van der Waals surface area contributed by atoms with E-state index in [1.165, 1.54) is 42.4 Å². The molecule has 0 aliphatic carbocycles. The zero-order valence-electron chi connectivity index (χ0n) is 17.5. The second-order valence-electron chi connectivity index (χ2n) is 7.95. The maximum absolute atomic E-state index is 3.51. The highest BCUT2D eigenvalue weighted by atomic mass is 32.1. The Labute approximate surface area is 191 Å². The van der Waals surface area contributed by atoms with Crippen molar-refractivity contribution in [3.63, 3.8) is 0 Å². The molecule has 1 heterocycles. The third-order valence-corrected chi connectivity index (χ3v) is 7.03. The molecule has 152 valence electrons. The minimum atomic E-state index is 1.09. The topological polar surface area (TPSA) is 12.0 Å². The Morgan fingerprint density at radius 1 is 0.406 bits per heavy atom. The molecule has 5 aromatic carbocycles. The fourth-order valence-corrected chi connectivity index (χ4v) is 5.28. The van der Waals surface area contributed by atoms with Crippen molar-refractivity contribution in [1.29, 1.82) is 0 Å². The second kappa shape index (κ2) is 7.99. The van der Waals surface area contributed by atoms with Crippen molar-refractivity contribution in [2.75, 3.05) is 5.32 Å². The number of thiophene rings is 1. The van der Waals surface area contributed by atoms with Crippen molar-refractivity contribution in [3.05, 3.63) is 121 Å². The van der Waals surface area contributed by atoms with Crippen molar-refractivity contribution < 1.29 is 0 Å². The molecule has 0 unspecified atom stereocenters. The lowest BCUT2D eigenvalue weighted by Gasteiger charge is -2.09. The van der Waals surface area contributed by atoms with Gasteiger partial charge in [0.05, 0.1) is 0 Å². The molecular formula is C30H21NS. The largest absolute Gasteiger partial charge is 0.356 e. The third kappa shape index (κ3) is 3.55. The van der Waals surface area contributed by atoms with Crippen LogP contribution < -0.4 is 5.32 Å². The molecule has 32 heavy (non-hydrogen) atoms. The Bertz CT molecular complexity index is 1510. The molecule has 6 aromatic rings. The molecule has 0 atom stereocenters. The number of anilines is 2. The number of nitrogens with one attached hydrogen (secondary N) is 1. The van der Waals surface area contributed by atoms with Gasteiger partial charge >= 0.3 is 0 Å². The molecule has 1 aromatic heterocycles. The molecular weight excluding hydrogens is 406 g/mol. The first-order valence-corrected chi connectivity index (χ1v) is 11.6. The van der Waals surface area contributed by atoms with Crippen LogP contribution in [-0.2, 0) is 0 Å². The lowest BCUT2D eigenvalue weighted by molar-refractivity contribution is 1.54. The predicted molar refractivity (Wildman–Crippen MR) is 140 cm³/mol. The van der Waals surface area contributed by atoms with Crippen LogP contribution in [0.4, 0.5) is 11.4 Å². The van der Waals surface area contributed by atoms with Crippen LogP contribution >= 0.6 is 11.3 Å². The molecule has 0 aliphatic rings. The van der Waals surface area contributed by atoms with E-state index in [0.29, 0.717) is 0 Å². The van der Waals surface area contributed by atoms with Gasteiger partial charge in [0, 0.05) is 31.5 Å². The van der Waals surface area contributed by atoms with Crippen LogP contribution in [-0.4, -0.2) is 0 Å². The lowest BCUT2D eigenvalue weighted by atomic mass is 10.0. The summed E-state index contributed by atoms with van der Waals surface area (Å²) >= 11 is 1.86. The number of hydrogen-bond donors (Lipinski definition) is 1. The molecule has 0 bridgehead atoms. The molecule has 0 spiro atoms. The smallest absolute Gasteiger partial charge is 0.0384 e. The van der Waals surface area contributed by atoms with E-state index in [0.717, 1.165) is 11.4 Å². The van der Waals surface area contributed by atoms with Gasteiger partial charge in [-0.25, -0.2) is 0 Å². The lowest BCUT2D eigenvalue weighted by Crippen LogP contribution is -1.90. The fourth-order valence-electron chi connectivity index (χ4n) is 4.19. The zero-order valence-corrected chi connectivity index (χ0v) is 18.3. The normalized spacial score (nSPS) is 11.1. The number of fused-ring (bicyclic) bond motifs is 3. The van der Waals surface area contributed by atoms with E-state index >= 15 is 0 Å². The second-order valence-corrected chi connectivity index (χ2v) is 9.04. The van der Waals surface area contributed by atoms with E-state index in [-0.39, 0.29) is 0 Å². The van der Waals surface area contributed by atoms with Crippen LogP contribution in [0.2, 0.25) is 0 Å². The van der Waals surface area contributed by atoms with Crippen LogP contribution in [0.15, 0.2) is 121 Å². The molecule has 0 aliphatic heterocycles. The highest BCUT2D eigenvalue weighted by molar-refractivity contribution is 7.25. The molecule has 6 rings (SSSR count). The van der Waals surface area contributed by atoms with Crippen molar-refractivity contribution in [2.45, 2.75) is 0 Å². The quantitative estimate of drug-likeness (QED) is 0.296. The van der Waals surface area contributed by atoms with Gasteiger partial charge in [0.15, 0.2) is 0 Å². The van der Waals surface area contributed by atoms with Crippen LogP contribution in [0.5, 0.6) is 0 Å².